The van der Waals surface area contributed by atoms with Gasteiger partial charge in [0.25, 0.3) is 0 Å². The zero-order chi connectivity index (χ0) is 13.5. The van der Waals surface area contributed by atoms with E-state index in [9.17, 15) is 14.7 Å². The van der Waals surface area contributed by atoms with Crippen LogP contribution in [-0.4, -0.2) is 22.0 Å². The molecule has 4 heteroatoms. The quantitative estimate of drug-likeness (QED) is 0.777. The van der Waals surface area contributed by atoms with Crippen LogP contribution in [0.4, 0.5) is 0 Å². The summed E-state index contributed by atoms with van der Waals surface area (Å²) < 4.78 is 0. The number of rotatable bonds is 7. The summed E-state index contributed by atoms with van der Waals surface area (Å²) in [5.41, 5.74) is 0.564. The van der Waals surface area contributed by atoms with Crippen molar-refractivity contribution in [2.75, 3.05) is 0 Å². The highest BCUT2D eigenvalue weighted by molar-refractivity contribution is 5.79. The molecule has 4 nitrogen and oxygen atoms in total. The maximum Gasteiger partial charge on any atom is 0.309 e. The standard InChI is InChI=1S/C14H18O4/c1-2-11(15)8-9-12(14(17)18)13(16)10-6-4-3-5-7-10/h3-7,12-13,16H,2,8-9H2,1H3,(H,17,18)/t12-,13+/m1/s1. The van der Waals surface area contributed by atoms with Crippen molar-refractivity contribution >= 4 is 11.8 Å². The Bertz CT molecular complexity index is 400. The minimum Gasteiger partial charge on any atom is -0.481 e. The Morgan fingerprint density at radius 2 is 1.83 bits per heavy atom. The van der Waals surface area contributed by atoms with E-state index in [2.05, 4.69) is 0 Å². The number of hydrogen-bond acceptors (Lipinski definition) is 3. The SMILES string of the molecule is CCC(=O)CC[C@@H](C(=O)O)[C@@H](O)c1ccccc1. The van der Waals surface area contributed by atoms with Crippen molar-refractivity contribution in [1.29, 1.82) is 0 Å². The normalized spacial score (nSPS) is 13.9. The number of benzene rings is 1. The first-order valence-electron chi connectivity index (χ1n) is 6.03. The minimum absolute atomic E-state index is 0.0153. The Kier molecular flexibility index (Phi) is 5.52. The van der Waals surface area contributed by atoms with Crippen molar-refractivity contribution in [3.05, 3.63) is 35.9 Å². The number of carboxylic acids is 1. The third kappa shape index (κ3) is 3.96. The Labute approximate surface area is 106 Å². The fourth-order valence-electron chi connectivity index (χ4n) is 1.79. The monoisotopic (exact) mass is 250 g/mol. The molecule has 0 aliphatic heterocycles. The molecule has 0 aliphatic carbocycles. The van der Waals surface area contributed by atoms with Crippen molar-refractivity contribution in [3.8, 4) is 0 Å². The van der Waals surface area contributed by atoms with Gasteiger partial charge in [-0.05, 0) is 12.0 Å². The average Bonchev–Trinajstić information content (AvgIpc) is 2.39. The summed E-state index contributed by atoms with van der Waals surface area (Å²) in [5, 5.41) is 19.2. The van der Waals surface area contributed by atoms with Gasteiger partial charge in [-0.3, -0.25) is 9.59 Å². The average molecular weight is 250 g/mol. The number of aliphatic hydroxyl groups is 1. The fraction of sp³-hybridized carbons (Fsp3) is 0.429. The first-order chi connectivity index (χ1) is 8.56. The lowest BCUT2D eigenvalue weighted by Gasteiger charge is -2.19. The van der Waals surface area contributed by atoms with E-state index in [1.807, 2.05) is 0 Å². The second kappa shape index (κ2) is 6.91. The highest BCUT2D eigenvalue weighted by Crippen LogP contribution is 2.26. The lowest BCUT2D eigenvalue weighted by atomic mass is 9.91. The van der Waals surface area contributed by atoms with Gasteiger partial charge in [0.1, 0.15) is 5.78 Å². The van der Waals surface area contributed by atoms with Gasteiger partial charge in [-0.1, -0.05) is 37.3 Å². The number of carbonyl (C=O) groups excluding carboxylic acids is 1. The van der Waals surface area contributed by atoms with E-state index >= 15 is 0 Å². The van der Waals surface area contributed by atoms with E-state index in [4.69, 9.17) is 5.11 Å². The molecule has 98 valence electrons. The lowest BCUT2D eigenvalue weighted by Crippen LogP contribution is -2.23. The Morgan fingerprint density at radius 3 is 2.33 bits per heavy atom. The van der Waals surface area contributed by atoms with Gasteiger partial charge < -0.3 is 10.2 Å². The molecule has 0 aromatic heterocycles. The minimum atomic E-state index is -1.08. The molecule has 1 rings (SSSR count). The number of hydrogen-bond donors (Lipinski definition) is 2. The second-order valence-electron chi connectivity index (χ2n) is 4.23. The molecule has 2 atom stereocenters. The number of aliphatic hydroxyl groups excluding tert-OH is 1. The van der Waals surface area contributed by atoms with Crippen LogP contribution in [0.3, 0.4) is 0 Å². The Balaban J connectivity index is 2.73. The van der Waals surface area contributed by atoms with Crippen LogP contribution >= 0.6 is 0 Å². The van der Waals surface area contributed by atoms with Crippen LogP contribution in [0.25, 0.3) is 0 Å². The summed E-state index contributed by atoms with van der Waals surface area (Å²) in [6.07, 6.45) is -0.322. The predicted molar refractivity (Wildman–Crippen MR) is 67.1 cm³/mol. The Hall–Kier alpha value is -1.68. The molecule has 0 amide bonds. The molecule has 0 bridgehead atoms. The lowest BCUT2D eigenvalue weighted by molar-refractivity contribution is -0.146. The van der Waals surface area contributed by atoms with E-state index in [-0.39, 0.29) is 18.6 Å². The smallest absolute Gasteiger partial charge is 0.309 e. The van der Waals surface area contributed by atoms with Crippen LogP contribution in [0.1, 0.15) is 37.9 Å². The number of carbonyl (C=O) groups is 2. The maximum absolute atomic E-state index is 11.2. The topological polar surface area (TPSA) is 74.6 Å². The van der Waals surface area contributed by atoms with E-state index in [1.54, 1.807) is 37.3 Å². The van der Waals surface area contributed by atoms with Crippen LogP contribution < -0.4 is 0 Å². The van der Waals surface area contributed by atoms with Crippen molar-refractivity contribution in [1.82, 2.24) is 0 Å². The van der Waals surface area contributed by atoms with Gasteiger partial charge >= 0.3 is 5.97 Å². The molecule has 0 aliphatic rings. The number of carboxylic acid groups (broad SMARTS) is 1. The highest BCUT2D eigenvalue weighted by Gasteiger charge is 2.27. The molecule has 0 heterocycles. The van der Waals surface area contributed by atoms with Gasteiger partial charge in [0.15, 0.2) is 0 Å². The van der Waals surface area contributed by atoms with Crippen molar-refractivity contribution in [2.24, 2.45) is 5.92 Å². The summed E-state index contributed by atoms with van der Waals surface area (Å²) in [7, 11) is 0. The van der Waals surface area contributed by atoms with Gasteiger partial charge in [0.05, 0.1) is 12.0 Å². The van der Waals surface area contributed by atoms with Gasteiger partial charge in [-0.15, -0.1) is 0 Å². The summed E-state index contributed by atoms with van der Waals surface area (Å²) in [5.74, 6) is -2.00. The fourth-order valence-corrected chi connectivity index (χ4v) is 1.79. The largest absolute Gasteiger partial charge is 0.481 e. The third-order valence-electron chi connectivity index (χ3n) is 2.97. The first kappa shape index (κ1) is 14.4. The van der Waals surface area contributed by atoms with Crippen molar-refractivity contribution < 1.29 is 19.8 Å². The van der Waals surface area contributed by atoms with Crippen molar-refractivity contribution in [2.45, 2.75) is 32.3 Å². The molecule has 0 fully saturated rings. The van der Waals surface area contributed by atoms with Crippen LogP contribution in [0.15, 0.2) is 30.3 Å². The third-order valence-corrected chi connectivity index (χ3v) is 2.97. The molecular weight excluding hydrogens is 232 g/mol. The van der Waals surface area contributed by atoms with Crippen molar-refractivity contribution in [3.63, 3.8) is 0 Å². The van der Waals surface area contributed by atoms with Gasteiger partial charge in [0.2, 0.25) is 0 Å². The predicted octanol–water partition coefficient (Wildman–Crippen LogP) is 2.18. The molecule has 0 saturated heterocycles. The van der Waals surface area contributed by atoms with Gasteiger partial charge in [-0.25, -0.2) is 0 Å². The summed E-state index contributed by atoms with van der Waals surface area (Å²) in [6, 6.07) is 8.65. The molecule has 1 aromatic carbocycles. The van der Waals surface area contributed by atoms with E-state index in [0.29, 0.717) is 12.0 Å². The molecule has 0 unspecified atom stereocenters. The second-order valence-corrected chi connectivity index (χ2v) is 4.23. The van der Waals surface area contributed by atoms with Crippen LogP contribution in [-0.2, 0) is 9.59 Å². The van der Waals surface area contributed by atoms with E-state index in [0.717, 1.165) is 0 Å². The van der Waals surface area contributed by atoms with E-state index < -0.39 is 18.0 Å². The Morgan fingerprint density at radius 1 is 1.22 bits per heavy atom. The molecule has 0 spiro atoms. The zero-order valence-electron chi connectivity index (χ0n) is 10.4. The molecular formula is C14H18O4. The van der Waals surface area contributed by atoms with Gasteiger partial charge in [-0.2, -0.15) is 0 Å². The highest BCUT2D eigenvalue weighted by atomic mass is 16.4. The molecule has 2 N–H and O–H groups in total. The van der Waals surface area contributed by atoms with Crippen LogP contribution in [0.2, 0.25) is 0 Å². The first-order valence-corrected chi connectivity index (χ1v) is 6.03. The molecule has 18 heavy (non-hydrogen) atoms. The summed E-state index contributed by atoms with van der Waals surface area (Å²) >= 11 is 0. The van der Waals surface area contributed by atoms with Gasteiger partial charge in [0, 0.05) is 12.8 Å². The van der Waals surface area contributed by atoms with E-state index in [1.165, 1.54) is 0 Å². The molecule has 0 radical (unpaired) electrons. The molecule has 1 aromatic rings. The number of ketones is 1. The number of aliphatic carboxylic acids is 1. The van der Waals surface area contributed by atoms with Crippen LogP contribution in [0.5, 0.6) is 0 Å². The summed E-state index contributed by atoms with van der Waals surface area (Å²) in [4.78, 5) is 22.4. The summed E-state index contributed by atoms with van der Waals surface area (Å²) in [6.45, 7) is 1.74. The zero-order valence-corrected chi connectivity index (χ0v) is 10.4. The maximum atomic E-state index is 11.2. The molecule has 0 saturated carbocycles. The number of Topliss-reactive ketones (excluding diaryl/α,β-unsaturated/α-hetero) is 1. The van der Waals surface area contributed by atoms with Crippen LogP contribution in [0, 0.1) is 5.92 Å².